The first kappa shape index (κ1) is 15.1. The predicted molar refractivity (Wildman–Crippen MR) is 93.3 cm³/mol. The first-order chi connectivity index (χ1) is 10.8. The first-order valence-electron chi connectivity index (χ1n) is 8.67. The van der Waals surface area contributed by atoms with E-state index in [1.165, 1.54) is 48.8 Å². The number of rotatable bonds is 6. The standard InChI is InChI=1S/C21H26O/c1-2-17-7-9-19(10-8-17)20-11-13-21(14-12-20)22-16-15-18-5-3-4-6-18/h7-14,18H,2-6,15-16H2,1H3. The predicted octanol–water partition coefficient (Wildman–Crippen LogP) is 5.88. The molecule has 0 radical (unpaired) electrons. The van der Waals surface area contributed by atoms with Gasteiger partial charge in [0.25, 0.3) is 0 Å². The topological polar surface area (TPSA) is 9.23 Å². The number of hydrogen-bond donors (Lipinski definition) is 0. The maximum atomic E-state index is 5.90. The van der Waals surface area contributed by atoms with E-state index in [4.69, 9.17) is 4.74 Å². The molecule has 1 saturated carbocycles. The van der Waals surface area contributed by atoms with Crippen LogP contribution in [0.25, 0.3) is 11.1 Å². The zero-order valence-corrected chi connectivity index (χ0v) is 13.6. The number of benzene rings is 2. The minimum atomic E-state index is 0.856. The van der Waals surface area contributed by atoms with Crippen LogP contribution < -0.4 is 4.74 Å². The van der Waals surface area contributed by atoms with Crippen LogP contribution in [0.2, 0.25) is 0 Å². The van der Waals surface area contributed by atoms with Crippen LogP contribution in [0.1, 0.15) is 44.6 Å². The summed E-state index contributed by atoms with van der Waals surface area (Å²) in [6, 6.07) is 17.3. The van der Waals surface area contributed by atoms with Gasteiger partial charge in [0, 0.05) is 0 Å². The molecule has 3 rings (SSSR count). The summed E-state index contributed by atoms with van der Waals surface area (Å²) >= 11 is 0. The molecule has 0 aliphatic heterocycles. The van der Waals surface area contributed by atoms with Gasteiger partial charge in [-0.2, -0.15) is 0 Å². The van der Waals surface area contributed by atoms with Crippen molar-refractivity contribution in [2.24, 2.45) is 5.92 Å². The van der Waals surface area contributed by atoms with Crippen molar-refractivity contribution in [3.63, 3.8) is 0 Å². The Kier molecular flexibility index (Phi) is 5.15. The van der Waals surface area contributed by atoms with Gasteiger partial charge >= 0.3 is 0 Å². The molecule has 0 amide bonds. The summed E-state index contributed by atoms with van der Waals surface area (Å²) in [6.45, 7) is 3.04. The van der Waals surface area contributed by atoms with Crippen LogP contribution in [-0.4, -0.2) is 6.61 Å². The Balaban J connectivity index is 1.54. The average Bonchev–Trinajstić information content (AvgIpc) is 3.09. The lowest BCUT2D eigenvalue weighted by molar-refractivity contribution is 0.279. The molecular formula is C21H26O. The molecule has 1 heteroatoms. The fourth-order valence-corrected chi connectivity index (χ4v) is 3.32. The van der Waals surface area contributed by atoms with Gasteiger partial charge in [-0.25, -0.2) is 0 Å². The van der Waals surface area contributed by atoms with Crippen molar-refractivity contribution in [1.29, 1.82) is 0 Å². The second-order valence-electron chi connectivity index (χ2n) is 6.36. The molecule has 0 atom stereocenters. The van der Waals surface area contributed by atoms with Gasteiger partial charge in [0.2, 0.25) is 0 Å². The summed E-state index contributed by atoms with van der Waals surface area (Å²) in [4.78, 5) is 0. The van der Waals surface area contributed by atoms with Gasteiger partial charge in [-0.05, 0) is 47.6 Å². The Morgan fingerprint density at radius 1 is 0.864 bits per heavy atom. The maximum Gasteiger partial charge on any atom is 0.119 e. The van der Waals surface area contributed by atoms with Crippen LogP contribution in [0.3, 0.4) is 0 Å². The third-order valence-corrected chi connectivity index (χ3v) is 4.82. The molecule has 0 saturated heterocycles. The Hall–Kier alpha value is -1.76. The smallest absolute Gasteiger partial charge is 0.119 e. The van der Waals surface area contributed by atoms with Gasteiger partial charge < -0.3 is 4.74 Å². The molecule has 0 heterocycles. The Morgan fingerprint density at radius 2 is 1.45 bits per heavy atom. The van der Waals surface area contributed by atoms with Crippen LogP contribution >= 0.6 is 0 Å². The summed E-state index contributed by atoms with van der Waals surface area (Å²) in [7, 11) is 0. The fraction of sp³-hybridized carbons (Fsp3) is 0.429. The SMILES string of the molecule is CCc1ccc(-c2ccc(OCCC3CCCC3)cc2)cc1. The highest BCUT2D eigenvalue weighted by molar-refractivity contribution is 5.64. The average molecular weight is 294 g/mol. The zero-order valence-electron chi connectivity index (χ0n) is 13.6. The first-order valence-corrected chi connectivity index (χ1v) is 8.67. The minimum absolute atomic E-state index is 0.856. The summed E-state index contributed by atoms with van der Waals surface area (Å²) in [5.74, 6) is 1.89. The van der Waals surface area contributed by atoms with Crippen molar-refractivity contribution >= 4 is 0 Å². The second kappa shape index (κ2) is 7.49. The highest BCUT2D eigenvalue weighted by Gasteiger charge is 2.14. The quantitative estimate of drug-likeness (QED) is 0.647. The largest absolute Gasteiger partial charge is 0.494 e. The number of aryl methyl sites for hydroxylation is 1. The van der Waals surface area contributed by atoms with Gasteiger partial charge in [-0.3, -0.25) is 0 Å². The molecule has 0 unspecified atom stereocenters. The molecule has 2 aromatic rings. The Labute approximate surface area is 134 Å². The van der Waals surface area contributed by atoms with E-state index in [9.17, 15) is 0 Å². The van der Waals surface area contributed by atoms with Crippen LogP contribution in [0, 0.1) is 5.92 Å². The molecule has 1 fully saturated rings. The van der Waals surface area contributed by atoms with Crippen molar-refractivity contribution in [1.82, 2.24) is 0 Å². The third-order valence-electron chi connectivity index (χ3n) is 4.82. The molecule has 1 nitrogen and oxygen atoms in total. The van der Waals surface area contributed by atoms with Crippen LogP contribution in [0.15, 0.2) is 48.5 Å². The third kappa shape index (κ3) is 3.91. The molecule has 0 aromatic heterocycles. The molecule has 1 aliphatic carbocycles. The van der Waals surface area contributed by atoms with E-state index in [0.717, 1.165) is 24.7 Å². The van der Waals surface area contributed by atoms with Crippen LogP contribution in [0.5, 0.6) is 5.75 Å². The molecule has 2 aromatic carbocycles. The van der Waals surface area contributed by atoms with Crippen molar-refractivity contribution in [3.8, 4) is 16.9 Å². The molecule has 0 spiro atoms. The van der Waals surface area contributed by atoms with E-state index in [-0.39, 0.29) is 0 Å². The van der Waals surface area contributed by atoms with Gasteiger partial charge in [-0.1, -0.05) is 69.0 Å². The monoisotopic (exact) mass is 294 g/mol. The molecular weight excluding hydrogens is 268 g/mol. The lowest BCUT2D eigenvalue weighted by Crippen LogP contribution is -2.03. The number of hydrogen-bond acceptors (Lipinski definition) is 1. The van der Waals surface area contributed by atoms with Gasteiger partial charge in [0.05, 0.1) is 6.61 Å². The minimum Gasteiger partial charge on any atom is -0.494 e. The number of ether oxygens (including phenoxy) is 1. The zero-order chi connectivity index (χ0) is 15.2. The summed E-state index contributed by atoms with van der Waals surface area (Å²) in [6.07, 6.45) is 7.92. The van der Waals surface area contributed by atoms with E-state index in [1.807, 2.05) is 0 Å². The lowest BCUT2D eigenvalue weighted by atomic mass is 10.0. The van der Waals surface area contributed by atoms with Crippen LogP contribution in [-0.2, 0) is 6.42 Å². The van der Waals surface area contributed by atoms with Crippen molar-refractivity contribution in [3.05, 3.63) is 54.1 Å². The molecule has 0 N–H and O–H groups in total. The van der Waals surface area contributed by atoms with E-state index in [0.29, 0.717) is 0 Å². The van der Waals surface area contributed by atoms with E-state index in [2.05, 4.69) is 55.5 Å². The highest BCUT2D eigenvalue weighted by atomic mass is 16.5. The van der Waals surface area contributed by atoms with Crippen molar-refractivity contribution in [2.75, 3.05) is 6.61 Å². The Morgan fingerprint density at radius 3 is 2.05 bits per heavy atom. The highest BCUT2D eigenvalue weighted by Crippen LogP contribution is 2.28. The molecule has 0 bridgehead atoms. The normalized spacial score (nSPS) is 15.1. The Bertz CT molecular complexity index is 562. The van der Waals surface area contributed by atoms with Crippen LogP contribution in [0.4, 0.5) is 0 Å². The summed E-state index contributed by atoms with van der Waals surface area (Å²) in [5.41, 5.74) is 3.91. The van der Waals surface area contributed by atoms with Gasteiger partial charge in [0.1, 0.15) is 5.75 Å². The maximum absolute atomic E-state index is 5.90. The molecule has 22 heavy (non-hydrogen) atoms. The summed E-state index contributed by atoms with van der Waals surface area (Å²) < 4.78 is 5.90. The molecule has 1 aliphatic rings. The van der Waals surface area contributed by atoms with Gasteiger partial charge in [0.15, 0.2) is 0 Å². The van der Waals surface area contributed by atoms with Crippen molar-refractivity contribution < 1.29 is 4.74 Å². The van der Waals surface area contributed by atoms with E-state index in [1.54, 1.807) is 0 Å². The molecule has 116 valence electrons. The van der Waals surface area contributed by atoms with Crippen molar-refractivity contribution in [2.45, 2.75) is 45.4 Å². The fourth-order valence-electron chi connectivity index (χ4n) is 3.32. The summed E-state index contributed by atoms with van der Waals surface area (Å²) in [5, 5.41) is 0. The second-order valence-corrected chi connectivity index (χ2v) is 6.36. The lowest BCUT2D eigenvalue weighted by Gasteiger charge is -2.11. The van der Waals surface area contributed by atoms with E-state index >= 15 is 0 Å². The van der Waals surface area contributed by atoms with E-state index < -0.39 is 0 Å². The van der Waals surface area contributed by atoms with Gasteiger partial charge in [-0.15, -0.1) is 0 Å².